The van der Waals surface area contributed by atoms with Crippen molar-refractivity contribution in [3.8, 4) is 6.07 Å². The number of nitrogens with one attached hydrogen (secondary N) is 1. The minimum Gasteiger partial charge on any atom is -0.392 e. The second kappa shape index (κ2) is 6.18. The lowest BCUT2D eigenvalue weighted by Gasteiger charge is -2.16. The summed E-state index contributed by atoms with van der Waals surface area (Å²) >= 11 is 1.41. The largest absolute Gasteiger partial charge is 0.392 e. The van der Waals surface area contributed by atoms with E-state index in [1.807, 2.05) is 29.6 Å². The predicted molar refractivity (Wildman–Crippen MR) is 85.8 cm³/mol. The van der Waals surface area contributed by atoms with Gasteiger partial charge in [-0.2, -0.15) is 5.26 Å². The van der Waals surface area contributed by atoms with Crippen LogP contribution in [0.2, 0.25) is 0 Å². The van der Waals surface area contributed by atoms with Crippen LogP contribution in [0.15, 0.2) is 35.7 Å². The number of carbonyl (C=O) groups excluding carboxylic acids is 1. The zero-order valence-corrected chi connectivity index (χ0v) is 12.6. The van der Waals surface area contributed by atoms with E-state index in [-0.39, 0.29) is 18.6 Å². The van der Waals surface area contributed by atoms with Crippen molar-refractivity contribution in [2.24, 2.45) is 0 Å². The SMILES string of the molecule is N#Cc1ccsc1N1CCC(Nc2cccc(CO)c2)C1=O. The van der Waals surface area contributed by atoms with Gasteiger partial charge in [-0.3, -0.25) is 4.79 Å². The van der Waals surface area contributed by atoms with Crippen molar-refractivity contribution in [3.63, 3.8) is 0 Å². The molecular formula is C16H15N3O2S. The Morgan fingerprint density at radius 1 is 1.45 bits per heavy atom. The summed E-state index contributed by atoms with van der Waals surface area (Å²) in [7, 11) is 0. The fourth-order valence-corrected chi connectivity index (χ4v) is 3.45. The van der Waals surface area contributed by atoms with Gasteiger partial charge in [-0.25, -0.2) is 0 Å². The van der Waals surface area contributed by atoms with Crippen LogP contribution in [0.3, 0.4) is 0 Å². The third kappa shape index (κ3) is 2.69. The van der Waals surface area contributed by atoms with Crippen LogP contribution in [0.5, 0.6) is 0 Å². The van der Waals surface area contributed by atoms with Crippen molar-refractivity contribution in [3.05, 3.63) is 46.8 Å². The first-order chi connectivity index (χ1) is 10.7. The minimum absolute atomic E-state index is 0.0200. The average Bonchev–Trinajstić information content (AvgIpc) is 3.14. The molecule has 0 saturated carbocycles. The number of hydrogen-bond donors (Lipinski definition) is 2. The molecule has 5 nitrogen and oxygen atoms in total. The Labute approximate surface area is 132 Å². The molecule has 1 aliphatic heterocycles. The summed E-state index contributed by atoms with van der Waals surface area (Å²) in [6.07, 6.45) is 0.685. The monoisotopic (exact) mass is 313 g/mol. The molecule has 6 heteroatoms. The summed E-state index contributed by atoms with van der Waals surface area (Å²) in [5, 5.41) is 24.0. The molecule has 1 aliphatic rings. The fraction of sp³-hybridized carbons (Fsp3) is 0.250. The molecule has 1 amide bonds. The van der Waals surface area contributed by atoms with Crippen LogP contribution in [-0.2, 0) is 11.4 Å². The third-order valence-corrected chi connectivity index (χ3v) is 4.60. The fourth-order valence-electron chi connectivity index (χ4n) is 2.57. The molecule has 0 aliphatic carbocycles. The molecule has 1 atom stereocenters. The smallest absolute Gasteiger partial charge is 0.250 e. The molecule has 22 heavy (non-hydrogen) atoms. The zero-order chi connectivity index (χ0) is 15.5. The van der Waals surface area contributed by atoms with Crippen LogP contribution in [-0.4, -0.2) is 23.6 Å². The molecular weight excluding hydrogens is 298 g/mol. The van der Waals surface area contributed by atoms with E-state index in [1.54, 1.807) is 11.0 Å². The second-order valence-electron chi connectivity index (χ2n) is 5.09. The number of amides is 1. The summed E-state index contributed by atoms with van der Waals surface area (Å²) < 4.78 is 0. The van der Waals surface area contributed by atoms with Gasteiger partial charge in [-0.15, -0.1) is 11.3 Å². The molecule has 1 aromatic heterocycles. The number of hydrogen-bond acceptors (Lipinski definition) is 5. The quantitative estimate of drug-likeness (QED) is 0.908. The number of nitriles is 1. The van der Waals surface area contributed by atoms with Crippen LogP contribution in [0.25, 0.3) is 0 Å². The molecule has 0 radical (unpaired) electrons. The van der Waals surface area contributed by atoms with Crippen molar-refractivity contribution >= 4 is 27.9 Å². The summed E-state index contributed by atoms with van der Waals surface area (Å²) in [5.41, 5.74) is 2.16. The van der Waals surface area contributed by atoms with Crippen molar-refractivity contribution < 1.29 is 9.90 Å². The van der Waals surface area contributed by atoms with E-state index < -0.39 is 0 Å². The highest BCUT2D eigenvalue weighted by Crippen LogP contribution is 2.31. The van der Waals surface area contributed by atoms with Gasteiger partial charge in [-0.1, -0.05) is 12.1 Å². The van der Waals surface area contributed by atoms with E-state index in [4.69, 9.17) is 10.4 Å². The Bertz CT molecular complexity index is 735. The molecule has 1 saturated heterocycles. The van der Waals surface area contributed by atoms with Gasteiger partial charge < -0.3 is 15.3 Å². The Hall–Kier alpha value is -2.36. The first kappa shape index (κ1) is 14.6. The van der Waals surface area contributed by atoms with Crippen molar-refractivity contribution in [2.45, 2.75) is 19.1 Å². The number of carbonyl (C=O) groups is 1. The number of thiophene rings is 1. The number of anilines is 2. The number of aliphatic hydroxyl groups excluding tert-OH is 1. The average molecular weight is 313 g/mol. The zero-order valence-electron chi connectivity index (χ0n) is 11.8. The molecule has 1 fully saturated rings. The number of benzene rings is 1. The van der Waals surface area contributed by atoms with Crippen LogP contribution in [0.1, 0.15) is 17.5 Å². The summed E-state index contributed by atoms with van der Waals surface area (Å²) in [5.74, 6) is -0.0200. The minimum atomic E-state index is -0.303. The van der Waals surface area contributed by atoms with Crippen molar-refractivity contribution in [1.29, 1.82) is 5.26 Å². The maximum absolute atomic E-state index is 12.5. The van der Waals surface area contributed by atoms with Crippen molar-refractivity contribution in [2.75, 3.05) is 16.8 Å². The normalized spacial score (nSPS) is 17.5. The molecule has 1 aromatic carbocycles. The number of rotatable bonds is 4. The molecule has 0 spiro atoms. The highest BCUT2D eigenvalue weighted by atomic mass is 32.1. The maximum atomic E-state index is 12.5. The molecule has 2 heterocycles. The van der Waals surface area contributed by atoms with Gasteiger partial charge in [0.05, 0.1) is 12.2 Å². The standard InChI is InChI=1S/C16H15N3O2S/c17-9-12-5-7-22-16(12)19-6-4-14(15(19)21)18-13-3-1-2-11(8-13)10-20/h1-3,5,7-8,14,18,20H,4,6,10H2. The Morgan fingerprint density at radius 2 is 2.32 bits per heavy atom. The Morgan fingerprint density at radius 3 is 3.09 bits per heavy atom. The van der Waals surface area contributed by atoms with Crippen LogP contribution >= 0.6 is 11.3 Å². The highest BCUT2D eigenvalue weighted by Gasteiger charge is 2.34. The molecule has 1 unspecified atom stereocenters. The van der Waals surface area contributed by atoms with Gasteiger partial charge in [0.1, 0.15) is 17.1 Å². The van der Waals surface area contributed by atoms with E-state index in [1.165, 1.54) is 11.3 Å². The lowest BCUT2D eigenvalue weighted by atomic mass is 10.2. The van der Waals surface area contributed by atoms with Gasteiger partial charge in [0.15, 0.2) is 0 Å². The van der Waals surface area contributed by atoms with E-state index in [9.17, 15) is 4.79 Å². The van der Waals surface area contributed by atoms with Crippen LogP contribution in [0.4, 0.5) is 10.7 Å². The second-order valence-corrected chi connectivity index (χ2v) is 5.98. The summed E-state index contributed by atoms with van der Waals surface area (Å²) in [6.45, 7) is 0.576. The van der Waals surface area contributed by atoms with E-state index in [2.05, 4.69) is 11.4 Å². The first-order valence-corrected chi connectivity index (χ1v) is 7.86. The van der Waals surface area contributed by atoms with Gasteiger partial charge in [0.25, 0.3) is 0 Å². The van der Waals surface area contributed by atoms with Crippen LogP contribution < -0.4 is 10.2 Å². The van der Waals surface area contributed by atoms with Gasteiger partial charge in [0, 0.05) is 12.2 Å². The topological polar surface area (TPSA) is 76.4 Å². The maximum Gasteiger partial charge on any atom is 0.250 e. The third-order valence-electron chi connectivity index (χ3n) is 3.67. The lowest BCUT2D eigenvalue weighted by Crippen LogP contribution is -2.33. The number of aliphatic hydroxyl groups is 1. The van der Waals surface area contributed by atoms with E-state index in [0.717, 1.165) is 16.3 Å². The predicted octanol–water partition coefficient (Wildman–Crippen LogP) is 2.33. The first-order valence-electron chi connectivity index (χ1n) is 6.98. The van der Waals surface area contributed by atoms with E-state index in [0.29, 0.717) is 18.5 Å². The summed E-state index contributed by atoms with van der Waals surface area (Å²) in [4.78, 5) is 14.2. The molecule has 2 aromatic rings. The Kier molecular flexibility index (Phi) is 4.09. The van der Waals surface area contributed by atoms with Gasteiger partial charge in [0.2, 0.25) is 5.91 Å². The molecule has 3 rings (SSSR count). The highest BCUT2D eigenvalue weighted by molar-refractivity contribution is 7.14. The molecule has 2 N–H and O–H groups in total. The van der Waals surface area contributed by atoms with E-state index >= 15 is 0 Å². The summed E-state index contributed by atoms with van der Waals surface area (Å²) in [6, 6.07) is 10.9. The lowest BCUT2D eigenvalue weighted by molar-refractivity contribution is -0.117. The molecule has 112 valence electrons. The molecule has 0 bridgehead atoms. The number of nitrogens with zero attached hydrogens (tertiary/aromatic N) is 2. The van der Waals surface area contributed by atoms with Gasteiger partial charge >= 0.3 is 0 Å². The Balaban J connectivity index is 1.75. The van der Waals surface area contributed by atoms with Crippen molar-refractivity contribution in [1.82, 2.24) is 0 Å². The van der Waals surface area contributed by atoms with Crippen LogP contribution in [0, 0.1) is 11.3 Å². The van der Waals surface area contributed by atoms with Gasteiger partial charge in [-0.05, 0) is 35.6 Å².